The number of aliphatic hydroxyl groups is 1. The fraction of sp³-hybridized carbons (Fsp3) is 0.176. The fourth-order valence-corrected chi connectivity index (χ4v) is 3.20. The minimum atomic E-state index is -4.43. The molecule has 2 aromatic rings. The van der Waals surface area contributed by atoms with Crippen molar-refractivity contribution >= 4 is 11.8 Å². The van der Waals surface area contributed by atoms with Crippen molar-refractivity contribution in [1.82, 2.24) is 0 Å². The van der Waals surface area contributed by atoms with E-state index in [4.69, 9.17) is 14.9 Å². The van der Waals surface area contributed by atoms with Crippen LogP contribution in [0.2, 0.25) is 0 Å². The minimum absolute atomic E-state index is 0.0421. The largest absolute Gasteiger partial charge is 0.458 e. The summed E-state index contributed by atoms with van der Waals surface area (Å²) in [5.41, 5.74) is 1.02. The zero-order valence-corrected chi connectivity index (χ0v) is 14.2. The Morgan fingerprint density at radius 2 is 1.96 bits per heavy atom. The Labute approximate surface area is 154 Å². The molecule has 0 amide bonds. The van der Waals surface area contributed by atoms with Crippen LogP contribution in [0.4, 0.5) is 13.2 Å². The summed E-state index contributed by atoms with van der Waals surface area (Å²) >= 11 is -0.276. The molecule has 1 aromatic heterocycles. The number of nitrogens with two attached hydrogens (primary N) is 1. The molecule has 6 nitrogen and oxygen atoms in total. The zero-order chi connectivity index (χ0) is 19.8. The molecule has 3 N–H and O–H groups in total. The van der Waals surface area contributed by atoms with Crippen LogP contribution in [0.25, 0.3) is 0 Å². The topological polar surface area (TPSA) is 109 Å². The lowest BCUT2D eigenvalue weighted by atomic mass is 9.87. The molecule has 27 heavy (non-hydrogen) atoms. The van der Waals surface area contributed by atoms with Crippen molar-refractivity contribution in [3.05, 3.63) is 69.1 Å². The van der Waals surface area contributed by atoms with Crippen LogP contribution < -0.4 is 15.9 Å². The predicted octanol–water partition coefficient (Wildman–Crippen LogP) is 2.96. The van der Waals surface area contributed by atoms with E-state index in [0.29, 0.717) is 5.56 Å². The van der Waals surface area contributed by atoms with Gasteiger partial charge < -0.3 is 20.0 Å². The van der Waals surface area contributed by atoms with Gasteiger partial charge in [0.05, 0.1) is 5.92 Å². The Morgan fingerprint density at radius 1 is 1.30 bits per heavy atom. The molecule has 0 radical (unpaired) electrons. The third-order valence-corrected chi connectivity index (χ3v) is 4.47. The van der Waals surface area contributed by atoms with Gasteiger partial charge in [-0.25, -0.2) is 0 Å². The van der Waals surface area contributed by atoms with Crippen LogP contribution in [0, 0.1) is 11.3 Å². The highest BCUT2D eigenvalue weighted by Crippen LogP contribution is 2.42. The Balaban J connectivity index is 2.12. The van der Waals surface area contributed by atoms with Crippen molar-refractivity contribution in [1.29, 1.82) is 5.26 Å². The van der Waals surface area contributed by atoms with Gasteiger partial charge in [0.1, 0.15) is 24.0 Å². The maximum atomic E-state index is 12.5. The number of halogens is 3. The molecule has 1 atom stereocenters. The quantitative estimate of drug-likeness (QED) is 0.768. The Kier molecular flexibility index (Phi) is 4.91. The van der Waals surface area contributed by atoms with Crippen molar-refractivity contribution in [2.75, 3.05) is 0 Å². The third kappa shape index (κ3) is 3.79. The standard InChI is InChI=1S/C17H11F3N2O4S/c18-17(19,20)27-10-3-1-8(2-4-10)13-11(6-21)16(22)26-14-12(24)5-9(7-23)25-15(13)14/h1-5,13,23H,7,22H2/t13-/m1/s1. The summed E-state index contributed by atoms with van der Waals surface area (Å²) in [5.74, 6) is -1.58. The Hall–Kier alpha value is -2.90. The first-order chi connectivity index (χ1) is 12.7. The number of allylic oxidation sites excluding steroid dienone is 1. The lowest BCUT2D eigenvalue weighted by molar-refractivity contribution is -0.0328. The third-order valence-electron chi connectivity index (χ3n) is 3.73. The van der Waals surface area contributed by atoms with Crippen molar-refractivity contribution in [3.63, 3.8) is 0 Å². The summed E-state index contributed by atoms with van der Waals surface area (Å²) in [6, 6.07) is 8.14. The van der Waals surface area contributed by atoms with Gasteiger partial charge in [0, 0.05) is 11.0 Å². The summed E-state index contributed by atoms with van der Waals surface area (Å²) in [5, 5.41) is 18.7. The van der Waals surface area contributed by atoms with E-state index < -0.39 is 23.5 Å². The van der Waals surface area contributed by atoms with E-state index in [2.05, 4.69) is 0 Å². The molecular weight excluding hydrogens is 385 g/mol. The van der Waals surface area contributed by atoms with Crippen molar-refractivity contribution in [2.45, 2.75) is 22.9 Å². The van der Waals surface area contributed by atoms with Gasteiger partial charge in [-0.2, -0.15) is 18.4 Å². The summed E-state index contributed by atoms with van der Waals surface area (Å²) in [7, 11) is 0. The van der Waals surface area contributed by atoms with E-state index in [9.17, 15) is 28.3 Å². The number of nitriles is 1. The van der Waals surface area contributed by atoms with Gasteiger partial charge in [-0.15, -0.1) is 0 Å². The maximum Gasteiger partial charge on any atom is 0.446 e. The van der Waals surface area contributed by atoms with Crippen LogP contribution in [-0.2, 0) is 6.61 Å². The summed E-state index contributed by atoms with van der Waals surface area (Å²) in [6.45, 7) is -0.558. The van der Waals surface area contributed by atoms with E-state index in [-0.39, 0.29) is 45.4 Å². The van der Waals surface area contributed by atoms with Crippen LogP contribution in [-0.4, -0.2) is 10.6 Å². The highest BCUT2D eigenvalue weighted by atomic mass is 32.2. The molecule has 0 aliphatic carbocycles. The van der Waals surface area contributed by atoms with E-state index in [1.165, 1.54) is 24.3 Å². The molecule has 1 aliphatic rings. The molecule has 0 fully saturated rings. The second-order valence-electron chi connectivity index (χ2n) is 5.47. The molecule has 1 aromatic carbocycles. The van der Waals surface area contributed by atoms with Crippen molar-refractivity contribution in [3.8, 4) is 11.8 Å². The summed E-state index contributed by atoms with van der Waals surface area (Å²) < 4.78 is 48.2. The number of alkyl halides is 3. The monoisotopic (exact) mass is 396 g/mol. The zero-order valence-electron chi connectivity index (χ0n) is 13.4. The SMILES string of the molecule is N#CC1=C(N)Oc2c(oc(CO)cc2=O)[C@@H]1c1ccc(SC(F)(F)F)cc1. The van der Waals surface area contributed by atoms with Gasteiger partial charge in [0.2, 0.25) is 17.1 Å². The highest BCUT2D eigenvalue weighted by molar-refractivity contribution is 8.00. The van der Waals surface area contributed by atoms with Gasteiger partial charge >= 0.3 is 5.51 Å². The molecular formula is C17H11F3N2O4S. The second kappa shape index (κ2) is 7.02. The van der Waals surface area contributed by atoms with E-state index >= 15 is 0 Å². The molecule has 3 rings (SSSR count). The maximum absolute atomic E-state index is 12.5. The number of fused-ring (bicyclic) bond motifs is 1. The first-order valence-electron chi connectivity index (χ1n) is 7.44. The van der Waals surface area contributed by atoms with Crippen LogP contribution in [0.5, 0.6) is 5.75 Å². The molecule has 0 unspecified atom stereocenters. The van der Waals surface area contributed by atoms with E-state index in [0.717, 1.165) is 6.07 Å². The molecule has 1 aliphatic heterocycles. The van der Waals surface area contributed by atoms with Crippen LogP contribution >= 0.6 is 11.8 Å². The molecule has 0 saturated heterocycles. The van der Waals surface area contributed by atoms with Gasteiger partial charge in [0.25, 0.3) is 0 Å². The van der Waals surface area contributed by atoms with Gasteiger partial charge in [-0.05, 0) is 29.5 Å². The van der Waals surface area contributed by atoms with Gasteiger partial charge in [-0.3, -0.25) is 4.79 Å². The van der Waals surface area contributed by atoms with E-state index in [1.807, 2.05) is 6.07 Å². The first kappa shape index (κ1) is 18.9. The summed E-state index contributed by atoms with van der Waals surface area (Å²) in [4.78, 5) is 12.1. The van der Waals surface area contributed by atoms with E-state index in [1.54, 1.807) is 0 Å². The number of hydrogen-bond acceptors (Lipinski definition) is 7. The number of nitrogens with zero attached hydrogens (tertiary/aromatic N) is 1. The average molecular weight is 396 g/mol. The highest BCUT2D eigenvalue weighted by Gasteiger charge is 2.35. The van der Waals surface area contributed by atoms with Crippen LogP contribution in [0.1, 0.15) is 23.0 Å². The Morgan fingerprint density at radius 3 is 2.52 bits per heavy atom. The van der Waals surface area contributed by atoms with Gasteiger partial charge in [0.15, 0.2) is 5.76 Å². The number of benzene rings is 1. The predicted molar refractivity (Wildman–Crippen MR) is 88.6 cm³/mol. The molecule has 0 spiro atoms. The number of ether oxygens (including phenoxy) is 1. The van der Waals surface area contributed by atoms with Gasteiger partial charge in [-0.1, -0.05) is 12.1 Å². The lowest BCUT2D eigenvalue weighted by Gasteiger charge is -2.24. The minimum Gasteiger partial charge on any atom is -0.458 e. The number of thioether (sulfide) groups is 1. The van der Waals surface area contributed by atoms with Crippen molar-refractivity contribution < 1.29 is 27.4 Å². The lowest BCUT2D eigenvalue weighted by Crippen LogP contribution is -2.25. The number of hydrogen-bond donors (Lipinski definition) is 2. The number of aliphatic hydroxyl groups excluding tert-OH is 1. The summed E-state index contributed by atoms with van der Waals surface area (Å²) in [6.07, 6.45) is 0. The van der Waals surface area contributed by atoms with Crippen LogP contribution in [0.15, 0.2) is 55.9 Å². The molecule has 140 valence electrons. The molecule has 0 bridgehead atoms. The fourth-order valence-electron chi connectivity index (χ4n) is 2.66. The molecule has 2 heterocycles. The number of rotatable bonds is 3. The first-order valence-corrected chi connectivity index (χ1v) is 8.26. The second-order valence-corrected chi connectivity index (χ2v) is 6.61. The Bertz CT molecular complexity index is 1010. The smallest absolute Gasteiger partial charge is 0.446 e. The normalized spacial score (nSPS) is 16.5. The average Bonchev–Trinajstić information content (AvgIpc) is 2.60. The molecule has 10 heteroatoms. The van der Waals surface area contributed by atoms with Crippen LogP contribution in [0.3, 0.4) is 0 Å². The van der Waals surface area contributed by atoms with Crippen molar-refractivity contribution in [2.24, 2.45) is 5.73 Å². The molecule has 0 saturated carbocycles.